The summed E-state index contributed by atoms with van der Waals surface area (Å²) in [5, 5.41) is 9.67. The van der Waals surface area contributed by atoms with Gasteiger partial charge in [-0.25, -0.2) is 0 Å². The fourth-order valence-electron chi connectivity index (χ4n) is 4.15. The third-order valence-corrected chi connectivity index (χ3v) is 5.46. The predicted octanol–water partition coefficient (Wildman–Crippen LogP) is 0.876. The van der Waals surface area contributed by atoms with Gasteiger partial charge in [0.15, 0.2) is 0 Å². The summed E-state index contributed by atoms with van der Waals surface area (Å²) in [6.07, 6.45) is 6.26. The molecular weight excluding hydrogens is 228 g/mol. The lowest BCUT2D eigenvalue weighted by atomic mass is 9.79. The zero-order valence-corrected chi connectivity index (χ0v) is 11.1. The van der Waals surface area contributed by atoms with Crippen molar-refractivity contribution in [2.75, 3.05) is 6.61 Å². The van der Waals surface area contributed by atoms with Gasteiger partial charge in [0.25, 0.3) is 0 Å². The largest absolute Gasteiger partial charge is 0.396 e. The SMILES string of the molecule is CC1CC2CC2N1C(=O)C(N)C1(CO)CCCC1. The molecule has 3 N–H and O–H groups in total. The fourth-order valence-corrected chi connectivity index (χ4v) is 4.15. The number of carbonyl (C=O) groups excluding carboxylic acids is 1. The second-order valence-corrected chi connectivity index (χ2v) is 6.60. The van der Waals surface area contributed by atoms with Crippen LogP contribution in [-0.2, 0) is 4.79 Å². The van der Waals surface area contributed by atoms with Gasteiger partial charge in [0.05, 0.1) is 12.6 Å². The highest BCUT2D eigenvalue weighted by Gasteiger charge is 2.55. The third kappa shape index (κ3) is 1.69. The first-order valence-corrected chi connectivity index (χ1v) is 7.28. The molecule has 3 fully saturated rings. The minimum Gasteiger partial charge on any atom is -0.396 e. The molecule has 102 valence electrons. The first-order valence-electron chi connectivity index (χ1n) is 7.28. The molecule has 3 rings (SSSR count). The van der Waals surface area contributed by atoms with E-state index in [9.17, 15) is 9.90 Å². The molecule has 1 aliphatic heterocycles. The van der Waals surface area contributed by atoms with Crippen LogP contribution in [0.3, 0.4) is 0 Å². The van der Waals surface area contributed by atoms with E-state index in [0.29, 0.717) is 12.1 Å². The van der Waals surface area contributed by atoms with Crippen molar-refractivity contribution in [3.05, 3.63) is 0 Å². The van der Waals surface area contributed by atoms with Crippen molar-refractivity contribution < 1.29 is 9.90 Å². The summed E-state index contributed by atoms with van der Waals surface area (Å²) in [4.78, 5) is 14.7. The van der Waals surface area contributed by atoms with Crippen molar-refractivity contribution in [1.29, 1.82) is 0 Å². The highest BCUT2D eigenvalue weighted by molar-refractivity contribution is 5.84. The standard InChI is InChI=1S/C14H24N2O2/c1-9-6-10-7-11(10)16(9)13(18)12(15)14(8-17)4-2-3-5-14/h9-12,17H,2-8,15H2,1H3. The van der Waals surface area contributed by atoms with E-state index in [2.05, 4.69) is 6.92 Å². The molecule has 1 heterocycles. The van der Waals surface area contributed by atoms with E-state index in [1.54, 1.807) is 0 Å². The lowest BCUT2D eigenvalue weighted by Crippen LogP contribution is -2.55. The molecule has 1 saturated heterocycles. The number of fused-ring (bicyclic) bond motifs is 1. The number of amides is 1. The molecule has 0 aromatic carbocycles. The smallest absolute Gasteiger partial charge is 0.240 e. The Morgan fingerprint density at radius 3 is 2.61 bits per heavy atom. The summed E-state index contributed by atoms with van der Waals surface area (Å²) in [5.74, 6) is 0.813. The van der Waals surface area contributed by atoms with Crippen molar-refractivity contribution in [1.82, 2.24) is 4.90 Å². The Labute approximate surface area is 109 Å². The van der Waals surface area contributed by atoms with Gasteiger partial charge in [0, 0.05) is 17.5 Å². The van der Waals surface area contributed by atoms with Crippen LogP contribution in [0.2, 0.25) is 0 Å². The Morgan fingerprint density at radius 2 is 2.11 bits per heavy atom. The maximum atomic E-state index is 12.6. The number of aliphatic hydroxyl groups is 1. The van der Waals surface area contributed by atoms with Crippen molar-refractivity contribution >= 4 is 5.91 Å². The number of piperidine rings is 1. The molecule has 2 aliphatic carbocycles. The average Bonchev–Trinajstić information content (AvgIpc) is 2.83. The van der Waals surface area contributed by atoms with Gasteiger partial charge in [0.2, 0.25) is 5.91 Å². The highest BCUT2D eigenvalue weighted by atomic mass is 16.3. The van der Waals surface area contributed by atoms with Crippen molar-refractivity contribution in [2.45, 2.75) is 63.6 Å². The highest BCUT2D eigenvalue weighted by Crippen LogP contribution is 2.49. The first kappa shape index (κ1) is 12.4. The van der Waals surface area contributed by atoms with E-state index in [4.69, 9.17) is 5.73 Å². The Morgan fingerprint density at radius 1 is 1.44 bits per heavy atom. The van der Waals surface area contributed by atoms with Crippen LogP contribution in [0.1, 0.15) is 45.4 Å². The molecule has 4 heteroatoms. The van der Waals surface area contributed by atoms with Gasteiger partial charge in [-0.05, 0) is 38.5 Å². The van der Waals surface area contributed by atoms with Crippen LogP contribution in [0.15, 0.2) is 0 Å². The molecule has 0 radical (unpaired) electrons. The van der Waals surface area contributed by atoms with E-state index in [1.807, 2.05) is 4.90 Å². The molecule has 3 aliphatic rings. The van der Waals surface area contributed by atoms with Crippen LogP contribution in [0.4, 0.5) is 0 Å². The molecule has 18 heavy (non-hydrogen) atoms. The van der Waals surface area contributed by atoms with Gasteiger partial charge in [-0.15, -0.1) is 0 Å². The first-order chi connectivity index (χ1) is 8.59. The number of aliphatic hydroxyl groups excluding tert-OH is 1. The van der Waals surface area contributed by atoms with E-state index in [1.165, 1.54) is 0 Å². The van der Waals surface area contributed by atoms with E-state index >= 15 is 0 Å². The molecule has 4 atom stereocenters. The molecule has 2 saturated carbocycles. The summed E-state index contributed by atoms with van der Waals surface area (Å²) in [7, 11) is 0. The molecule has 1 amide bonds. The van der Waals surface area contributed by atoms with Crippen LogP contribution in [-0.4, -0.2) is 40.6 Å². The number of hydrogen-bond acceptors (Lipinski definition) is 3. The number of hydrogen-bond donors (Lipinski definition) is 2. The van der Waals surface area contributed by atoms with Gasteiger partial charge in [-0.3, -0.25) is 4.79 Å². The normalized spacial score (nSPS) is 38.6. The quantitative estimate of drug-likeness (QED) is 0.783. The Balaban J connectivity index is 1.75. The minimum atomic E-state index is -0.508. The predicted molar refractivity (Wildman–Crippen MR) is 68.8 cm³/mol. The molecule has 4 unspecified atom stereocenters. The molecule has 0 spiro atoms. The summed E-state index contributed by atoms with van der Waals surface area (Å²) >= 11 is 0. The zero-order valence-electron chi connectivity index (χ0n) is 11.1. The lowest BCUT2D eigenvalue weighted by molar-refractivity contribution is -0.138. The van der Waals surface area contributed by atoms with E-state index < -0.39 is 6.04 Å². The average molecular weight is 252 g/mol. The van der Waals surface area contributed by atoms with Crippen LogP contribution < -0.4 is 5.73 Å². The summed E-state index contributed by atoms with van der Waals surface area (Å²) in [6, 6.07) is 0.284. The molecule has 0 aromatic heterocycles. The van der Waals surface area contributed by atoms with E-state index in [0.717, 1.165) is 44.4 Å². The second kappa shape index (κ2) is 4.20. The Bertz CT molecular complexity index is 350. The molecule has 4 nitrogen and oxygen atoms in total. The molecular formula is C14H24N2O2. The number of rotatable bonds is 3. The summed E-state index contributed by atoms with van der Waals surface area (Å²) in [6.45, 7) is 2.17. The van der Waals surface area contributed by atoms with Crippen molar-refractivity contribution in [3.8, 4) is 0 Å². The zero-order chi connectivity index (χ0) is 12.9. The topological polar surface area (TPSA) is 66.6 Å². The number of nitrogens with two attached hydrogens (primary N) is 1. The van der Waals surface area contributed by atoms with Gasteiger partial charge >= 0.3 is 0 Å². The van der Waals surface area contributed by atoms with Crippen molar-refractivity contribution in [2.24, 2.45) is 17.1 Å². The summed E-state index contributed by atoms with van der Waals surface area (Å²) < 4.78 is 0. The van der Waals surface area contributed by atoms with Gasteiger partial charge in [-0.2, -0.15) is 0 Å². The van der Waals surface area contributed by atoms with E-state index in [-0.39, 0.29) is 17.9 Å². The Kier molecular flexibility index (Phi) is 2.90. The lowest BCUT2D eigenvalue weighted by Gasteiger charge is -2.36. The molecule has 0 aromatic rings. The van der Waals surface area contributed by atoms with Gasteiger partial charge in [0.1, 0.15) is 0 Å². The third-order valence-electron chi connectivity index (χ3n) is 5.46. The minimum absolute atomic E-state index is 0.0518. The van der Waals surface area contributed by atoms with Crippen LogP contribution in [0, 0.1) is 11.3 Å². The van der Waals surface area contributed by atoms with Gasteiger partial charge < -0.3 is 15.7 Å². The fraction of sp³-hybridized carbons (Fsp3) is 0.929. The number of nitrogens with zero attached hydrogens (tertiary/aromatic N) is 1. The summed E-state index contributed by atoms with van der Waals surface area (Å²) in [5.41, 5.74) is 5.90. The maximum Gasteiger partial charge on any atom is 0.240 e. The molecule has 0 bridgehead atoms. The van der Waals surface area contributed by atoms with Crippen LogP contribution >= 0.6 is 0 Å². The van der Waals surface area contributed by atoms with Crippen LogP contribution in [0.5, 0.6) is 0 Å². The number of carbonyl (C=O) groups is 1. The van der Waals surface area contributed by atoms with Crippen LogP contribution in [0.25, 0.3) is 0 Å². The Hall–Kier alpha value is -0.610. The second-order valence-electron chi connectivity index (χ2n) is 6.60. The maximum absolute atomic E-state index is 12.6. The monoisotopic (exact) mass is 252 g/mol. The number of likely N-dealkylation sites (tertiary alicyclic amines) is 1. The van der Waals surface area contributed by atoms with Gasteiger partial charge in [-0.1, -0.05) is 12.8 Å². The van der Waals surface area contributed by atoms with Crippen molar-refractivity contribution in [3.63, 3.8) is 0 Å².